The summed E-state index contributed by atoms with van der Waals surface area (Å²) in [5.74, 6) is -0.683. The number of nitrogens with one attached hydrogen (secondary N) is 2. The number of benzene rings is 1. The van der Waals surface area contributed by atoms with Crippen molar-refractivity contribution in [1.29, 1.82) is 0 Å². The zero-order chi connectivity index (χ0) is 21.6. The molecule has 0 saturated heterocycles. The van der Waals surface area contributed by atoms with Crippen LogP contribution in [0.2, 0.25) is 0 Å². The first-order valence-corrected chi connectivity index (χ1v) is 11.4. The fraction of sp³-hybridized carbons (Fsp3) is 0.444. The summed E-state index contributed by atoms with van der Waals surface area (Å²) in [4.78, 5) is 24.4. The van der Waals surface area contributed by atoms with Gasteiger partial charge in [-0.15, -0.1) is 10.2 Å². The minimum Gasteiger partial charge on any atom is -0.343 e. The van der Waals surface area contributed by atoms with Crippen molar-refractivity contribution >= 4 is 38.3 Å². The first-order valence-electron chi connectivity index (χ1n) is 9.13. The highest BCUT2D eigenvalue weighted by Gasteiger charge is 2.19. The number of amides is 2. The summed E-state index contributed by atoms with van der Waals surface area (Å²) in [6.07, 6.45) is 1.88. The molecule has 0 aliphatic heterocycles. The Labute approximate surface area is 174 Å². The second kappa shape index (κ2) is 9.90. The van der Waals surface area contributed by atoms with Crippen LogP contribution in [0.5, 0.6) is 0 Å². The van der Waals surface area contributed by atoms with Gasteiger partial charge >= 0.3 is 0 Å². The molecule has 2 rings (SSSR count). The summed E-state index contributed by atoms with van der Waals surface area (Å²) >= 11 is 1.32. The topological polar surface area (TPSA) is 121 Å². The molecule has 0 bridgehead atoms. The Hall–Kier alpha value is -2.37. The van der Waals surface area contributed by atoms with E-state index in [1.54, 1.807) is 0 Å². The number of hydrogen-bond acceptors (Lipinski definition) is 7. The molecular formula is C18H25N5O4S2. The van der Waals surface area contributed by atoms with Crippen molar-refractivity contribution in [2.24, 2.45) is 0 Å². The van der Waals surface area contributed by atoms with Crippen molar-refractivity contribution in [1.82, 2.24) is 19.8 Å². The summed E-state index contributed by atoms with van der Waals surface area (Å²) < 4.78 is 25.4. The third-order valence-electron chi connectivity index (χ3n) is 4.31. The smallest absolute Gasteiger partial charge is 0.251 e. The number of sulfonamides is 1. The molecule has 9 nitrogen and oxygen atoms in total. The van der Waals surface area contributed by atoms with Gasteiger partial charge in [0.05, 0.1) is 11.4 Å². The van der Waals surface area contributed by atoms with Crippen molar-refractivity contribution in [2.45, 2.75) is 37.5 Å². The molecule has 2 amide bonds. The number of aromatic nitrogens is 2. The maximum absolute atomic E-state index is 12.3. The Morgan fingerprint density at radius 3 is 2.48 bits per heavy atom. The van der Waals surface area contributed by atoms with Gasteiger partial charge in [0.15, 0.2) is 0 Å². The van der Waals surface area contributed by atoms with Gasteiger partial charge < -0.3 is 5.32 Å². The van der Waals surface area contributed by atoms with Gasteiger partial charge in [-0.05, 0) is 31.0 Å². The Morgan fingerprint density at radius 2 is 1.86 bits per heavy atom. The number of nitrogens with zero attached hydrogens (tertiary/aromatic N) is 3. The summed E-state index contributed by atoms with van der Waals surface area (Å²) in [7, 11) is -0.832. The van der Waals surface area contributed by atoms with Crippen LogP contribution < -0.4 is 10.6 Å². The SMILES string of the molecule is CCC(CC)c1nnc(NC(=O)CNC(=O)c2cccc(S(=O)(=O)N(C)C)c2)s1. The van der Waals surface area contributed by atoms with Crippen LogP contribution in [0.25, 0.3) is 0 Å². The van der Waals surface area contributed by atoms with E-state index in [2.05, 4.69) is 34.7 Å². The highest BCUT2D eigenvalue weighted by atomic mass is 32.2. The molecule has 29 heavy (non-hydrogen) atoms. The van der Waals surface area contributed by atoms with E-state index in [9.17, 15) is 18.0 Å². The predicted molar refractivity (Wildman–Crippen MR) is 112 cm³/mol. The minimum absolute atomic E-state index is 0.00222. The van der Waals surface area contributed by atoms with Gasteiger partial charge in [-0.1, -0.05) is 31.3 Å². The minimum atomic E-state index is -3.65. The normalized spacial score (nSPS) is 11.7. The van der Waals surface area contributed by atoms with Gasteiger partial charge in [-0.25, -0.2) is 12.7 Å². The lowest BCUT2D eigenvalue weighted by Gasteiger charge is -2.12. The van der Waals surface area contributed by atoms with Gasteiger partial charge in [0.1, 0.15) is 5.01 Å². The Morgan fingerprint density at radius 1 is 1.17 bits per heavy atom. The van der Waals surface area contributed by atoms with E-state index >= 15 is 0 Å². The predicted octanol–water partition coefficient (Wildman–Crippen LogP) is 2.06. The molecule has 0 aliphatic carbocycles. The number of carbonyl (C=O) groups is 2. The van der Waals surface area contributed by atoms with Gasteiger partial charge in [-0.2, -0.15) is 0 Å². The fourth-order valence-electron chi connectivity index (χ4n) is 2.52. The van der Waals surface area contributed by atoms with Gasteiger partial charge in [0.2, 0.25) is 21.1 Å². The number of carbonyl (C=O) groups excluding carboxylic acids is 2. The van der Waals surface area contributed by atoms with Gasteiger partial charge in [-0.3, -0.25) is 14.9 Å². The zero-order valence-electron chi connectivity index (χ0n) is 16.8. The Bertz CT molecular complexity index is 968. The molecule has 0 atom stereocenters. The summed E-state index contributed by atoms with van der Waals surface area (Å²) in [6, 6.07) is 5.64. The van der Waals surface area contributed by atoms with Crippen LogP contribution in [0.1, 0.15) is 48.0 Å². The molecule has 0 unspecified atom stereocenters. The van der Waals surface area contributed by atoms with Crippen molar-refractivity contribution in [3.05, 3.63) is 34.8 Å². The van der Waals surface area contributed by atoms with Crippen LogP contribution >= 0.6 is 11.3 Å². The number of hydrogen-bond donors (Lipinski definition) is 2. The molecule has 0 fully saturated rings. The second-order valence-corrected chi connectivity index (χ2v) is 9.67. The monoisotopic (exact) mass is 439 g/mol. The van der Waals surface area contributed by atoms with E-state index in [1.807, 2.05) is 0 Å². The first-order chi connectivity index (χ1) is 13.7. The first kappa shape index (κ1) is 22.9. The zero-order valence-corrected chi connectivity index (χ0v) is 18.4. The van der Waals surface area contributed by atoms with Crippen LogP contribution in [0.3, 0.4) is 0 Å². The van der Waals surface area contributed by atoms with Crippen LogP contribution in [0, 0.1) is 0 Å². The Kier molecular flexibility index (Phi) is 7.82. The van der Waals surface area contributed by atoms with E-state index in [4.69, 9.17) is 0 Å². The summed E-state index contributed by atoms with van der Waals surface area (Å²) in [5.41, 5.74) is 0.146. The maximum Gasteiger partial charge on any atom is 0.251 e. The molecule has 0 spiro atoms. The molecule has 1 aromatic heterocycles. The van der Waals surface area contributed by atoms with Crippen molar-refractivity contribution < 1.29 is 18.0 Å². The molecule has 158 valence electrons. The Balaban J connectivity index is 1.96. The van der Waals surface area contributed by atoms with E-state index in [1.165, 1.54) is 49.7 Å². The van der Waals surface area contributed by atoms with Crippen molar-refractivity contribution in [2.75, 3.05) is 26.0 Å². The molecule has 0 aliphatic rings. The molecule has 0 radical (unpaired) electrons. The largest absolute Gasteiger partial charge is 0.343 e. The van der Waals surface area contributed by atoms with Crippen molar-refractivity contribution in [3.63, 3.8) is 0 Å². The average molecular weight is 440 g/mol. The van der Waals surface area contributed by atoms with Crippen LogP contribution in [-0.4, -0.2) is 55.4 Å². The van der Waals surface area contributed by atoms with E-state index < -0.39 is 21.8 Å². The van der Waals surface area contributed by atoms with E-state index in [-0.39, 0.29) is 17.0 Å². The third-order valence-corrected chi connectivity index (χ3v) is 7.12. The van der Waals surface area contributed by atoms with Crippen LogP contribution in [0.15, 0.2) is 29.2 Å². The van der Waals surface area contributed by atoms with Gasteiger partial charge in [0, 0.05) is 25.6 Å². The lowest BCUT2D eigenvalue weighted by Crippen LogP contribution is -2.33. The standard InChI is InChI=1S/C18H25N5O4S2/c1-5-12(6-2)17-21-22-18(28-17)20-15(24)11-19-16(25)13-8-7-9-14(10-13)29(26,27)23(3)4/h7-10,12H,5-6,11H2,1-4H3,(H,19,25)(H,20,22,24). The molecule has 2 N–H and O–H groups in total. The highest BCUT2D eigenvalue weighted by molar-refractivity contribution is 7.89. The lowest BCUT2D eigenvalue weighted by molar-refractivity contribution is -0.115. The molecule has 1 heterocycles. The third kappa shape index (κ3) is 5.81. The summed E-state index contributed by atoms with van der Waals surface area (Å²) in [5, 5.41) is 14.4. The maximum atomic E-state index is 12.3. The average Bonchev–Trinajstić information content (AvgIpc) is 3.15. The van der Waals surface area contributed by atoms with Gasteiger partial charge in [0.25, 0.3) is 5.91 Å². The molecule has 2 aromatic rings. The highest BCUT2D eigenvalue weighted by Crippen LogP contribution is 2.27. The van der Waals surface area contributed by atoms with E-state index in [0.29, 0.717) is 11.0 Å². The quantitative estimate of drug-likeness (QED) is 0.617. The molecule has 1 aromatic carbocycles. The van der Waals surface area contributed by atoms with E-state index in [0.717, 1.165) is 22.2 Å². The molecular weight excluding hydrogens is 414 g/mol. The van der Waals surface area contributed by atoms with Crippen LogP contribution in [-0.2, 0) is 14.8 Å². The molecule has 0 saturated carbocycles. The van der Waals surface area contributed by atoms with Crippen LogP contribution in [0.4, 0.5) is 5.13 Å². The number of rotatable bonds is 9. The lowest BCUT2D eigenvalue weighted by atomic mass is 10.1. The summed E-state index contributed by atoms with van der Waals surface area (Å²) in [6.45, 7) is 3.87. The molecule has 11 heteroatoms. The second-order valence-electron chi connectivity index (χ2n) is 6.50. The fourth-order valence-corrected chi connectivity index (χ4v) is 4.50. The number of anilines is 1. The van der Waals surface area contributed by atoms with Crippen molar-refractivity contribution in [3.8, 4) is 0 Å².